The largest absolute Gasteiger partial charge is 0.462 e. The second-order valence-electron chi connectivity index (χ2n) is 7.28. The summed E-state index contributed by atoms with van der Waals surface area (Å²) in [4.78, 5) is 28.6. The number of hydrogen-bond acceptors (Lipinski definition) is 6. The van der Waals surface area contributed by atoms with E-state index in [0.717, 1.165) is 28.2 Å². The summed E-state index contributed by atoms with van der Waals surface area (Å²) in [6.07, 6.45) is 4.47. The van der Waals surface area contributed by atoms with Gasteiger partial charge in [-0.25, -0.2) is 14.3 Å². The van der Waals surface area contributed by atoms with E-state index in [9.17, 15) is 9.59 Å². The first kappa shape index (κ1) is 22.5. The molecule has 168 valence electrons. The topological polar surface area (TPSA) is 85.6 Å². The Labute approximate surface area is 196 Å². The van der Waals surface area contributed by atoms with Crippen LogP contribution in [0.4, 0.5) is 5.69 Å². The Hall–Kier alpha value is -3.65. The van der Waals surface area contributed by atoms with Gasteiger partial charge in [0.2, 0.25) is 5.91 Å². The minimum Gasteiger partial charge on any atom is -0.462 e. The first-order chi connectivity index (χ1) is 16.1. The number of rotatable bonds is 8. The van der Waals surface area contributed by atoms with Crippen LogP contribution in [0.15, 0.2) is 72.0 Å². The van der Waals surface area contributed by atoms with Crippen molar-refractivity contribution in [3.8, 4) is 11.3 Å². The van der Waals surface area contributed by atoms with E-state index in [1.54, 1.807) is 48.1 Å². The summed E-state index contributed by atoms with van der Waals surface area (Å²) in [6, 6.07) is 17.0. The van der Waals surface area contributed by atoms with Crippen molar-refractivity contribution in [3.63, 3.8) is 0 Å². The molecule has 0 bridgehead atoms. The lowest BCUT2D eigenvalue weighted by molar-refractivity contribution is -0.113. The van der Waals surface area contributed by atoms with E-state index in [0.29, 0.717) is 17.9 Å². The maximum Gasteiger partial charge on any atom is 0.338 e. The Morgan fingerprint density at radius 2 is 1.82 bits per heavy atom. The summed E-state index contributed by atoms with van der Waals surface area (Å²) in [5.74, 6) is -0.355. The number of nitrogens with zero attached hydrogens (tertiary/aromatic N) is 3. The number of ether oxygens (including phenoxy) is 1. The van der Waals surface area contributed by atoms with Crippen molar-refractivity contribution in [3.05, 3.63) is 78.1 Å². The molecule has 0 aliphatic rings. The third-order valence-corrected chi connectivity index (χ3v) is 6.03. The Morgan fingerprint density at radius 3 is 2.52 bits per heavy atom. The first-order valence-electron chi connectivity index (χ1n) is 10.7. The third kappa shape index (κ3) is 5.40. The Morgan fingerprint density at radius 1 is 1.06 bits per heavy atom. The number of anilines is 1. The van der Waals surface area contributed by atoms with Crippen LogP contribution in [0.25, 0.3) is 16.8 Å². The average Bonchev–Trinajstić information content (AvgIpc) is 3.28. The number of nitrogens with one attached hydrogen (secondary N) is 1. The van der Waals surface area contributed by atoms with Gasteiger partial charge < -0.3 is 10.1 Å². The molecule has 0 spiro atoms. The molecule has 0 aliphatic heterocycles. The number of thioether (sulfide) groups is 1. The second kappa shape index (κ2) is 10.3. The van der Waals surface area contributed by atoms with Crippen LogP contribution in [0.3, 0.4) is 0 Å². The van der Waals surface area contributed by atoms with Crippen LogP contribution >= 0.6 is 11.8 Å². The fourth-order valence-corrected chi connectivity index (χ4v) is 4.07. The number of carbonyl (C=O) groups excluding carboxylic acids is 2. The summed E-state index contributed by atoms with van der Waals surface area (Å²) in [7, 11) is 0. The van der Waals surface area contributed by atoms with E-state index in [1.807, 2.05) is 6.07 Å². The van der Waals surface area contributed by atoms with Crippen LogP contribution in [0.1, 0.15) is 29.8 Å². The molecule has 2 heterocycles. The number of aryl methyl sites for hydroxylation is 1. The number of fused-ring (bicyclic) bond motifs is 1. The highest BCUT2D eigenvalue weighted by molar-refractivity contribution is 8.00. The van der Waals surface area contributed by atoms with Gasteiger partial charge in [-0.2, -0.15) is 5.10 Å². The number of amides is 1. The molecule has 7 nitrogen and oxygen atoms in total. The van der Waals surface area contributed by atoms with Crippen LogP contribution in [-0.2, 0) is 16.0 Å². The highest BCUT2D eigenvalue weighted by atomic mass is 32.2. The zero-order chi connectivity index (χ0) is 23.2. The molecule has 8 heteroatoms. The van der Waals surface area contributed by atoms with Gasteiger partial charge in [0.1, 0.15) is 5.03 Å². The standard InChI is InChI=1S/C25H24N4O3S/c1-3-17-5-7-18(8-6-17)21-15-22-24(26-13-14-29(22)28-21)33-16-23(30)27-20-11-9-19(10-12-20)25(31)32-4-2/h5-15H,3-4,16H2,1-2H3,(H,27,30). The van der Waals surface area contributed by atoms with E-state index >= 15 is 0 Å². The normalized spacial score (nSPS) is 10.8. The summed E-state index contributed by atoms with van der Waals surface area (Å²) >= 11 is 1.35. The molecular weight excluding hydrogens is 436 g/mol. The lowest BCUT2D eigenvalue weighted by Crippen LogP contribution is -2.14. The van der Waals surface area contributed by atoms with Crippen LogP contribution in [0.2, 0.25) is 0 Å². The zero-order valence-electron chi connectivity index (χ0n) is 18.4. The molecule has 4 aromatic rings. The number of aromatic nitrogens is 3. The van der Waals surface area contributed by atoms with E-state index in [2.05, 4.69) is 46.6 Å². The Balaban J connectivity index is 1.42. The van der Waals surface area contributed by atoms with Gasteiger partial charge in [-0.15, -0.1) is 0 Å². The molecule has 0 radical (unpaired) electrons. The van der Waals surface area contributed by atoms with Crippen molar-refractivity contribution >= 4 is 34.8 Å². The van der Waals surface area contributed by atoms with Gasteiger partial charge in [0, 0.05) is 23.6 Å². The minimum atomic E-state index is -0.383. The number of carbonyl (C=O) groups is 2. The molecule has 0 aliphatic carbocycles. The molecule has 0 unspecified atom stereocenters. The maximum absolute atomic E-state index is 12.5. The van der Waals surface area contributed by atoms with Gasteiger partial charge in [-0.05, 0) is 49.2 Å². The van der Waals surface area contributed by atoms with Gasteiger partial charge >= 0.3 is 5.97 Å². The summed E-state index contributed by atoms with van der Waals surface area (Å²) in [5.41, 5.74) is 5.09. The van der Waals surface area contributed by atoms with Crippen LogP contribution in [0, 0.1) is 0 Å². The van der Waals surface area contributed by atoms with Gasteiger partial charge in [-0.1, -0.05) is 43.0 Å². The van der Waals surface area contributed by atoms with Crippen molar-refractivity contribution in [1.82, 2.24) is 14.6 Å². The molecule has 0 fully saturated rings. The number of esters is 1. The number of hydrogen-bond donors (Lipinski definition) is 1. The van der Waals surface area contributed by atoms with Crippen molar-refractivity contribution in [1.29, 1.82) is 0 Å². The zero-order valence-corrected chi connectivity index (χ0v) is 19.3. The summed E-state index contributed by atoms with van der Waals surface area (Å²) < 4.78 is 6.75. The molecule has 0 saturated carbocycles. The first-order valence-corrected chi connectivity index (χ1v) is 11.7. The van der Waals surface area contributed by atoms with Gasteiger partial charge in [-0.3, -0.25) is 4.79 Å². The predicted octanol–water partition coefficient (Wildman–Crippen LogP) is 4.87. The molecule has 0 atom stereocenters. The van der Waals surface area contributed by atoms with Crippen LogP contribution in [-0.4, -0.2) is 38.8 Å². The molecule has 4 rings (SSSR count). The molecule has 33 heavy (non-hydrogen) atoms. The fraction of sp³-hybridized carbons (Fsp3) is 0.200. The Kier molecular flexibility index (Phi) is 7.04. The highest BCUT2D eigenvalue weighted by Gasteiger charge is 2.12. The van der Waals surface area contributed by atoms with Gasteiger partial charge in [0.25, 0.3) is 0 Å². The van der Waals surface area contributed by atoms with Crippen molar-refractivity contribution in [2.45, 2.75) is 25.3 Å². The Bertz CT molecular complexity index is 1270. The van der Waals surface area contributed by atoms with E-state index < -0.39 is 0 Å². The van der Waals surface area contributed by atoms with E-state index in [4.69, 9.17) is 4.74 Å². The van der Waals surface area contributed by atoms with Crippen molar-refractivity contribution < 1.29 is 14.3 Å². The predicted molar refractivity (Wildman–Crippen MR) is 130 cm³/mol. The monoisotopic (exact) mass is 460 g/mol. The lowest BCUT2D eigenvalue weighted by Gasteiger charge is -2.07. The fourth-order valence-electron chi connectivity index (χ4n) is 3.30. The molecule has 1 N–H and O–H groups in total. The molecule has 2 aromatic carbocycles. The smallest absolute Gasteiger partial charge is 0.338 e. The van der Waals surface area contributed by atoms with Gasteiger partial charge in [0.15, 0.2) is 0 Å². The lowest BCUT2D eigenvalue weighted by atomic mass is 10.1. The van der Waals surface area contributed by atoms with E-state index in [1.165, 1.54) is 17.3 Å². The quantitative estimate of drug-likeness (QED) is 0.298. The average molecular weight is 461 g/mol. The van der Waals surface area contributed by atoms with Crippen LogP contribution in [0.5, 0.6) is 0 Å². The van der Waals surface area contributed by atoms with E-state index in [-0.39, 0.29) is 17.6 Å². The third-order valence-electron chi connectivity index (χ3n) is 5.03. The second-order valence-corrected chi connectivity index (χ2v) is 8.24. The molecule has 0 saturated heterocycles. The molecular formula is C25H24N4O3S. The molecule has 2 aromatic heterocycles. The number of benzene rings is 2. The molecule has 1 amide bonds. The summed E-state index contributed by atoms with van der Waals surface area (Å²) in [6.45, 7) is 4.21. The van der Waals surface area contributed by atoms with Crippen molar-refractivity contribution in [2.75, 3.05) is 17.7 Å². The maximum atomic E-state index is 12.5. The highest BCUT2D eigenvalue weighted by Crippen LogP contribution is 2.26. The van der Waals surface area contributed by atoms with Crippen LogP contribution < -0.4 is 5.32 Å². The summed E-state index contributed by atoms with van der Waals surface area (Å²) in [5, 5.41) is 8.22. The van der Waals surface area contributed by atoms with Crippen molar-refractivity contribution in [2.24, 2.45) is 0 Å². The minimum absolute atomic E-state index is 0.164. The van der Waals surface area contributed by atoms with Gasteiger partial charge in [0.05, 0.1) is 29.1 Å². The SMILES string of the molecule is CCOC(=O)c1ccc(NC(=O)CSc2nccn3nc(-c4ccc(CC)cc4)cc23)cc1.